The van der Waals surface area contributed by atoms with Gasteiger partial charge >= 0.3 is 5.97 Å². The first-order chi connectivity index (χ1) is 13.5. The minimum absolute atomic E-state index is 0.299. The van der Waals surface area contributed by atoms with E-state index >= 15 is 0 Å². The van der Waals surface area contributed by atoms with Gasteiger partial charge in [-0.1, -0.05) is 41.7 Å². The van der Waals surface area contributed by atoms with Crippen molar-refractivity contribution in [2.75, 3.05) is 7.11 Å². The largest absolute Gasteiger partial charge is 0.468 e. The molecule has 0 radical (unpaired) electrons. The van der Waals surface area contributed by atoms with Crippen molar-refractivity contribution in [3.05, 3.63) is 53.6 Å². The lowest BCUT2D eigenvalue weighted by atomic mass is 10.3. The van der Waals surface area contributed by atoms with Crippen LogP contribution in [0.1, 0.15) is 24.1 Å². The first kappa shape index (κ1) is 20.3. The second-order valence-corrected chi connectivity index (χ2v) is 8.33. The third-order valence-electron chi connectivity index (χ3n) is 3.82. The Morgan fingerprint density at radius 2 is 1.82 bits per heavy atom. The van der Waals surface area contributed by atoms with Gasteiger partial charge in [-0.3, -0.25) is 9.36 Å². The van der Waals surface area contributed by atoms with Crippen LogP contribution in [0, 0.1) is 13.8 Å². The fourth-order valence-electron chi connectivity index (χ4n) is 2.57. The predicted octanol–water partition coefficient (Wildman–Crippen LogP) is 3.62. The van der Waals surface area contributed by atoms with E-state index in [1.165, 1.54) is 30.6 Å². The maximum absolute atomic E-state index is 11.8. The molecule has 3 aromatic rings. The fraction of sp³-hybridized carbons (Fsp3) is 0.316. The average Bonchev–Trinajstić information content (AvgIpc) is 3.08. The summed E-state index contributed by atoms with van der Waals surface area (Å²) < 4.78 is 6.78. The molecule has 0 saturated heterocycles. The van der Waals surface area contributed by atoms with Gasteiger partial charge in [-0.25, -0.2) is 9.97 Å². The van der Waals surface area contributed by atoms with E-state index in [-0.39, 0.29) is 11.2 Å². The van der Waals surface area contributed by atoms with E-state index in [9.17, 15) is 4.79 Å². The number of carbonyl (C=O) groups is 1. The molecule has 7 nitrogen and oxygen atoms in total. The Morgan fingerprint density at radius 3 is 2.46 bits per heavy atom. The van der Waals surface area contributed by atoms with Crippen molar-refractivity contribution in [3.63, 3.8) is 0 Å². The van der Waals surface area contributed by atoms with Crippen LogP contribution in [0.2, 0.25) is 0 Å². The van der Waals surface area contributed by atoms with Crippen molar-refractivity contribution in [2.24, 2.45) is 0 Å². The molecule has 0 N–H and O–H groups in total. The lowest BCUT2D eigenvalue weighted by Crippen LogP contribution is -2.15. The van der Waals surface area contributed by atoms with Gasteiger partial charge in [0.25, 0.3) is 0 Å². The topological polar surface area (TPSA) is 82.8 Å². The van der Waals surface area contributed by atoms with Crippen molar-refractivity contribution in [1.29, 1.82) is 0 Å². The molecule has 28 heavy (non-hydrogen) atoms. The van der Waals surface area contributed by atoms with Crippen LogP contribution in [0.5, 0.6) is 0 Å². The van der Waals surface area contributed by atoms with Crippen LogP contribution in [-0.2, 0) is 15.3 Å². The van der Waals surface area contributed by atoms with Crippen LogP contribution in [0.4, 0.5) is 0 Å². The van der Waals surface area contributed by atoms with Gasteiger partial charge in [0, 0.05) is 17.1 Å². The summed E-state index contributed by atoms with van der Waals surface area (Å²) in [5.41, 5.74) is 2.80. The zero-order valence-corrected chi connectivity index (χ0v) is 17.8. The Balaban J connectivity index is 1.89. The maximum Gasteiger partial charge on any atom is 0.318 e. The Labute approximate surface area is 172 Å². The summed E-state index contributed by atoms with van der Waals surface area (Å²) in [5, 5.41) is 9.62. The first-order valence-electron chi connectivity index (χ1n) is 8.67. The molecular formula is C19H21N5O2S2. The summed E-state index contributed by atoms with van der Waals surface area (Å²) in [6.07, 6.45) is 0. The normalized spacial score (nSPS) is 12.0. The summed E-state index contributed by atoms with van der Waals surface area (Å²) in [5.74, 6) is 1.02. The Bertz CT molecular complexity index is 942. The summed E-state index contributed by atoms with van der Waals surface area (Å²) in [6, 6.07) is 11.8. The molecule has 3 rings (SSSR count). The number of ether oxygens (including phenoxy) is 1. The van der Waals surface area contributed by atoms with Crippen LogP contribution in [-0.4, -0.2) is 43.1 Å². The van der Waals surface area contributed by atoms with E-state index in [0.717, 1.165) is 22.9 Å². The molecular weight excluding hydrogens is 394 g/mol. The molecule has 0 amide bonds. The number of methoxy groups -OCH3 is 1. The van der Waals surface area contributed by atoms with Crippen molar-refractivity contribution < 1.29 is 9.53 Å². The summed E-state index contributed by atoms with van der Waals surface area (Å²) in [4.78, 5) is 20.8. The van der Waals surface area contributed by atoms with E-state index in [0.29, 0.717) is 16.1 Å². The van der Waals surface area contributed by atoms with Crippen LogP contribution < -0.4 is 0 Å². The molecule has 0 aliphatic carbocycles. The molecule has 0 fully saturated rings. The zero-order chi connectivity index (χ0) is 20.1. The van der Waals surface area contributed by atoms with Crippen molar-refractivity contribution >= 4 is 29.5 Å². The highest BCUT2D eigenvalue weighted by atomic mass is 32.2. The number of hydrogen-bond donors (Lipinski definition) is 0. The van der Waals surface area contributed by atoms with E-state index in [2.05, 4.69) is 20.2 Å². The third-order valence-corrected chi connectivity index (χ3v) is 5.69. The smallest absolute Gasteiger partial charge is 0.318 e. The summed E-state index contributed by atoms with van der Waals surface area (Å²) in [7, 11) is 1.38. The van der Waals surface area contributed by atoms with Gasteiger partial charge in [0.1, 0.15) is 11.1 Å². The maximum atomic E-state index is 11.8. The fourth-order valence-corrected chi connectivity index (χ4v) is 4.34. The number of thioether (sulfide) groups is 2. The molecule has 2 aromatic heterocycles. The minimum Gasteiger partial charge on any atom is -0.468 e. The Hall–Kier alpha value is -2.39. The molecule has 0 saturated carbocycles. The lowest BCUT2D eigenvalue weighted by molar-refractivity contribution is -0.139. The van der Waals surface area contributed by atoms with Gasteiger partial charge in [0.15, 0.2) is 10.3 Å². The number of aryl methyl sites for hydroxylation is 2. The number of esters is 1. The standard InChI is InChI=1S/C19H21N5O2S2/c1-12-10-13(2)21-18(20-12)27-11-16-22-23-19(28-14(3)17(25)26-4)24(16)15-8-6-5-7-9-15/h5-10,14H,11H2,1-4H3/t14-/m1/s1. The van der Waals surface area contributed by atoms with Gasteiger partial charge in [-0.05, 0) is 39.0 Å². The minimum atomic E-state index is -0.389. The number of rotatable bonds is 7. The van der Waals surface area contributed by atoms with Crippen molar-refractivity contribution in [1.82, 2.24) is 24.7 Å². The van der Waals surface area contributed by atoms with Crippen LogP contribution in [0.15, 0.2) is 46.7 Å². The molecule has 0 bridgehead atoms. The molecule has 0 aliphatic heterocycles. The molecule has 1 aromatic carbocycles. The third kappa shape index (κ3) is 4.90. The Morgan fingerprint density at radius 1 is 1.14 bits per heavy atom. The summed E-state index contributed by atoms with van der Waals surface area (Å²) in [6.45, 7) is 5.70. The molecule has 2 heterocycles. The summed E-state index contributed by atoms with van der Waals surface area (Å²) >= 11 is 2.83. The molecule has 9 heteroatoms. The lowest BCUT2D eigenvalue weighted by Gasteiger charge is -2.12. The molecule has 0 unspecified atom stereocenters. The number of hydrogen-bond acceptors (Lipinski definition) is 8. The average molecular weight is 416 g/mol. The van der Waals surface area contributed by atoms with Crippen LogP contribution in [0.25, 0.3) is 5.69 Å². The second kappa shape index (κ2) is 9.20. The van der Waals surface area contributed by atoms with Crippen LogP contribution in [0.3, 0.4) is 0 Å². The highest BCUT2D eigenvalue weighted by Gasteiger charge is 2.21. The Kier molecular flexibility index (Phi) is 6.69. The van der Waals surface area contributed by atoms with E-state index in [1.54, 1.807) is 6.92 Å². The monoisotopic (exact) mass is 415 g/mol. The number of para-hydroxylation sites is 1. The number of carbonyl (C=O) groups excluding carboxylic acids is 1. The van der Waals surface area contributed by atoms with Gasteiger partial charge in [0.2, 0.25) is 0 Å². The predicted molar refractivity (Wildman–Crippen MR) is 110 cm³/mol. The van der Waals surface area contributed by atoms with Crippen molar-refractivity contribution in [2.45, 2.75) is 42.1 Å². The van der Waals surface area contributed by atoms with Gasteiger partial charge in [-0.2, -0.15) is 0 Å². The van der Waals surface area contributed by atoms with Gasteiger partial charge in [-0.15, -0.1) is 10.2 Å². The first-order valence-corrected chi connectivity index (χ1v) is 10.5. The highest BCUT2D eigenvalue weighted by Crippen LogP contribution is 2.28. The highest BCUT2D eigenvalue weighted by molar-refractivity contribution is 8.00. The number of aromatic nitrogens is 5. The number of benzene rings is 1. The van der Waals surface area contributed by atoms with E-state index < -0.39 is 0 Å². The zero-order valence-electron chi connectivity index (χ0n) is 16.1. The van der Waals surface area contributed by atoms with E-state index in [4.69, 9.17) is 4.74 Å². The second-order valence-electron chi connectivity index (χ2n) is 6.07. The SMILES string of the molecule is COC(=O)[C@@H](C)Sc1nnc(CSc2nc(C)cc(C)n2)n1-c1ccccc1. The number of nitrogens with zero attached hydrogens (tertiary/aromatic N) is 5. The van der Waals surface area contributed by atoms with E-state index in [1.807, 2.05) is 54.8 Å². The molecule has 146 valence electrons. The molecule has 1 atom stereocenters. The molecule has 0 aliphatic rings. The quantitative estimate of drug-likeness (QED) is 0.329. The van der Waals surface area contributed by atoms with Crippen molar-refractivity contribution in [3.8, 4) is 5.69 Å². The van der Waals surface area contributed by atoms with Gasteiger partial charge in [0.05, 0.1) is 12.9 Å². The molecule has 0 spiro atoms. The van der Waals surface area contributed by atoms with Crippen LogP contribution >= 0.6 is 23.5 Å². The van der Waals surface area contributed by atoms with Gasteiger partial charge < -0.3 is 4.74 Å².